The lowest BCUT2D eigenvalue weighted by Gasteiger charge is -2.35. The molecule has 2 atom stereocenters. The van der Waals surface area contributed by atoms with Gasteiger partial charge in [0.2, 0.25) is 0 Å². The Kier molecular flexibility index (Phi) is 5.03. The fraction of sp³-hybridized carbons (Fsp3) is 0.889. The number of hydrogen-bond donors (Lipinski definition) is 1. The number of rotatable bonds is 4. The third kappa shape index (κ3) is 3.87. The molecule has 16 heavy (non-hydrogen) atoms. The molecule has 2 N–H and O–H groups in total. The van der Waals surface area contributed by atoms with Gasteiger partial charge in [0, 0.05) is 36.8 Å². The van der Waals surface area contributed by atoms with Gasteiger partial charge in [0.25, 0.3) is 0 Å². The number of nitrogens with zero attached hydrogens (tertiary/aromatic N) is 1. The molecular formula is C9H18N2O2S3. The summed E-state index contributed by atoms with van der Waals surface area (Å²) in [4.78, 5) is 2.43. The predicted molar refractivity (Wildman–Crippen MR) is 73.5 cm³/mol. The van der Waals surface area contributed by atoms with Gasteiger partial charge in [-0.05, 0) is 0 Å². The molecule has 0 aliphatic carbocycles. The molecule has 0 aromatic rings. The minimum absolute atomic E-state index is 0.0577. The number of sulfone groups is 1. The number of nitrogens with two attached hydrogens (primary N) is 1. The van der Waals surface area contributed by atoms with Crippen molar-refractivity contribution >= 4 is 38.8 Å². The normalized spacial score (nSPS) is 25.2. The molecule has 4 nitrogen and oxygen atoms in total. The summed E-state index contributed by atoms with van der Waals surface area (Å²) in [7, 11) is -3.03. The Hall–Kier alpha value is 0.150. The molecule has 1 fully saturated rings. The van der Waals surface area contributed by atoms with Crippen molar-refractivity contribution in [2.24, 2.45) is 11.7 Å². The van der Waals surface area contributed by atoms with Crippen molar-refractivity contribution in [1.82, 2.24) is 4.90 Å². The molecule has 0 radical (unpaired) electrons. The van der Waals surface area contributed by atoms with Gasteiger partial charge in [-0.3, -0.25) is 4.90 Å². The molecule has 0 bridgehead atoms. The van der Waals surface area contributed by atoms with Gasteiger partial charge >= 0.3 is 0 Å². The Morgan fingerprint density at radius 2 is 2.31 bits per heavy atom. The molecule has 1 rings (SSSR count). The van der Waals surface area contributed by atoms with Crippen molar-refractivity contribution in [3.8, 4) is 0 Å². The van der Waals surface area contributed by atoms with Crippen molar-refractivity contribution in [2.75, 3.05) is 30.9 Å². The van der Waals surface area contributed by atoms with Gasteiger partial charge in [-0.2, -0.15) is 11.8 Å². The van der Waals surface area contributed by atoms with Crippen molar-refractivity contribution in [1.29, 1.82) is 0 Å². The molecular weight excluding hydrogens is 264 g/mol. The fourth-order valence-electron chi connectivity index (χ4n) is 1.66. The van der Waals surface area contributed by atoms with Gasteiger partial charge < -0.3 is 5.73 Å². The fourth-order valence-corrected chi connectivity index (χ4v) is 4.69. The highest BCUT2D eigenvalue weighted by Crippen LogP contribution is 2.21. The van der Waals surface area contributed by atoms with E-state index in [9.17, 15) is 8.42 Å². The summed E-state index contributed by atoms with van der Waals surface area (Å²) in [5.41, 5.74) is 5.56. The van der Waals surface area contributed by atoms with Gasteiger partial charge in [-0.15, -0.1) is 0 Å². The van der Waals surface area contributed by atoms with Gasteiger partial charge in [0.1, 0.15) is 5.37 Å². The topological polar surface area (TPSA) is 63.4 Å². The second-order valence-corrected chi connectivity index (χ2v) is 7.98. The summed E-state index contributed by atoms with van der Waals surface area (Å²) in [5, 5.41) is -0.386. The molecule has 7 heteroatoms. The van der Waals surface area contributed by atoms with Crippen LogP contribution in [0, 0.1) is 5.92 Å². The molecule has 0 amide bonds. The summed E-state index contributed by atoms with van der Waals surface area (Å²) in [6.45, 7) is 3.35. The van der Waals surface area contributed by atoms with Gasteiger partial charge in [-0.25, -0.2) is 8.42 Å². The van der Waals surface area contributed by atoms with Crippen LogP contribution in [-0.2, 0) is 9.84 Å². The van der Waals surface area contributed by atoms with E-state index in [1.165, 1.54) is 6.26 Å². The monoisotopic (exact) mass is 282 g/mol. The van der Waals surface area contributed by atoms with Gasteiger partial charge in [0.05, 0.1) is 4.99 Å². The average Bonchev–Trinajstić information content (AvgIpc) is 2.16. The Bertz CT molecular complexity index is 356. The minimum Gasteiger partial charge on any atom is -0.393 e. The molecule has 1 heterocycles. The largest absolute Gasteiger partial charge is 0.393 e. The van der Waals surface area contributed by atoms with Crippen LogP contribution in [0.15, 0.2) is 0 Å². The summed E-state index contributed by atoms with van der Waals surface area (Å²) < 4.78 is 23.3. The second-order valence-electron chi connectivity index (χ2n) is 4.16. The number of hydrogen-bond acceptors (Lipinski definition) is 5. The lowest BCUT2D eigenvalue weighted by Crippen LogP contribution is -2.49. The highest BCUT2D eigenvalue weighted by Gasteiger charge is 2.31. The molecule has 1 aliphatic rings. The SMILES string of the molecule is CC(CN1CCSCC1S(C)(=O)=O)C(N)=S. The zero-order valence-electron chi connectivity index (χ0n) is 9.55. The second kappa shape index (κ2) is 5.66. The molecule has 2 unspecified atom stereocenters. The van der Waals surface area contributed by atoms with E-state index in [2.05, 4.69) is 0 Å². The molecule has 1 saturated heterocycles. The highest BCUT2D eigenvalue weighted by atomic mass is 32.2. The quantitative estimate of drug-likeness (QED) is 0.750. The van der Waals surface area contributed by atoms with Crippen molar-refractivity contribution in [3.63, 3.8) is 0 Å². The summed E-state index contributed by atoms with van der Waals surface area (Å²) in [6, 6.07) is 0. The first kappa shape index (κ1) is 14.2. The van der Waals surface area contributed by atoms with E-state index in [1.807, 2.05) is 11.8 Å². The van der Waals surface area contributed by atoms with Crippen molar-refractivity contribution in [2.45, 2.75) is 12.3 Å². The van der Waals surface area contributed by atoms with E-state index in [-0.39, 0.29) is 11.3 Å². The van der Waals surface area contributed by atoms with Crippen LogP contribution in [0.25, 0.3) is 0 Å². The standard InChI is InChI=1S/C9H18N2O2S3/c1-7(9(10)14)5-11-3-4-15-6-8(11)16(2,12)13/h7-8H,3-6H2,1-2H3,(H2,10,14). The number of thioether (sulfide) groups is 1. The molecule has 0 aromatic carbocycles. The molecule has 0 spiro atoms. The van der Waals surface area contributed by atoms with Crippen LogP contribution < -0.4 is 5.73 Å². The maximum atomic E-state index is 11.6. The van der Waals surface area contributed by atoms with Crippen LogP contribution in [0.2, 0.25) is 0 Å². The Labute approximate surface area is 107 Å². The van der Waals surface area contributed by atoms with Crippen LogP contribution in [0.4, 0.5) is 0 Å². The predicted octanol–water partition coefficient (Wildman–Crippen LogP) is 0.328. The van der Waals surface area contributed by atoms with Crippen molar-refractivity contribution < 1.29 is 8.42 Å². The van der Waals surface area contributed by atoms with E-state index in [4.69, 9.17) is 18.0 Å². The van der Waals surface area contributed by atoms with E-state index in [0.29, 0.717) is 17.3 Å². The highest BCUT2D eigenvalue weighted by molar-refractivity contribution is 8.00. The van der Waals surface area contributed by atoms with E-state index < -0.39 is 9.84 Å². The minimum atomic E-state index is -3.03. The summed E-state index contributed by atoms with van der Waals surface area (Å²) >= 11 is 6.60. The first-order valence-electron chi connectivity index (χ1n) is 5.12. The van der Waals surface area contributed by atoms with Gasteiger partial charge in [-0.1, -0.05) is 19.1 Å². The van der Waals surface area contributed by atoms with Crippen LogP contribution in [0.3, 0.4) is 0 Å². The van der Waals surface area contributed by atoms with Crippen molar-refractivity contribution in [3.05, 3.63) is 0 Å². The third-order valence-electron chi connectivity index (χ3n) is 2.68. The number of thiocarbonyl (C=S) groups is 1. The average molecular weight is 282 g/mol. The first-order chi connectivity index (χ1) is 7.32. The van der Waals surface area contributed by atoms with E-state index in [1.54, 1.807) is 11.8 Å². The molecule has 94 valence electrons. The third-order valence-corrected chi connectivity index (χ3v) is 5.77. The molecule has 0 aromatic heterocycles. The Morgan fingerprint density at radius 3 is 2.81 bits per heavy atom. The maximum Gasteiger partial charge on any atom is 0.164 e. The zero-order chi connectivity index (χ0) is 12.3. The van der Waals surface area contributed by atoms with E-state index in [0.717, 1.165) is 12.3 Å². The Balaban J connectivity index is 2.72. The Morgan fingerprint density at radius 1 is 1.69 bits per heavy atom. The summed E-state index contributed by atoms with van der Waals surface area (Å²) in [5.74, 6) is 1.67. The first-order valence-corrected chi connectivity index (χ1v) is 8.64. The summed E-state index contributed by atoms with van der Waals surface area (Å²) in [6.07, 6.45) is 1.29. The van der Waals surface area contributed by atoms with E-state index >= 15 is 0 Å². The van der Waals surface area contributed by atoms with Crippen LogP contribution in [-0.4, -0.2) is 54.5 Å². The van der Waals surface area contributed by atoms with Crippen LogP contribution in [0.5, 0.6) is 0 Å². The lowest BCUT2D eigenvalue weighted by atomic mass is 10.1. The molecule has 1 aliphatic heterocycles. The van der Waals surface area contributed by atoms with Gasteiger partial charge in [0.15, 0.2) is 9.84 Å². The maximum absolute atomic E-state index is 11.6. The van der Waals surface area contributed by atoms with Crippen LogP contribution in [0.1, 0.15) is 6.92 Å². The zero-order valence-corrected chi connectivity index (χ0v) is 12.0. The lowest BCUT2D eigenvalue weighted by molar-refractivity contribution is 0.256. The van der Waals surface area contributed by atoms with Crippen LogP contribution >= 0.6 is 24.0 Å². The molecule has 0 saturated carbocycles. The smallest absolute Gasteiger partial charge is 0.164 e.